The van der Waals surface area contributed by atoms with Crippen molar-refractivity contribution in [3.8, 4) is 0 Å². The maximum absolute atomic E-state index is 3.72. The van der Waals surface area contributed by atoms with E-state index in [-0.39, 0.29) is 0 Å². The van der Waals surface area contributed by atoms with Crippen LogP contribution in [-0.4, -0.2) is 30.1 Å². The molecule has 0 amide bonds. The molecule has 1 aromatic rings. The Labute approximate surface area is 110 Å². The van der Waals surface area contributed by atoms with Gasteiger partial charge < -0.3 is 5.32 Å². The molecule has 2 aliphatic rings. The van der Waals surface area contributed by atoms with E-state index in [1.807, 2.05) is 0 Å². The van der Waals surface area contributed by atoms with Crippen molar-refractivity contribution in [2.24, 2.45) is 0 Å². The van der Waals surface area contributed by atoms with Crippen LogP contribution < -0.4 is 5.32 Å². The SMILES string of the molecule is CC(C)c1ccccc1NC1CN(C2CCC2)C1. The molecule has 1 aliphatic heterocycles. The highest BCUT2D eigenvalue weighted by molar-refractivity contribution is 5.53. The van der Waals surface area contributed by atoms with Gasteiger partial charge in [0.25, 0.3) is 0 Å². The van der Waals surface area contributed by atoms with Crippen molar-refractivity contribution in [1.82, 2.24) is 4.90 Å². The lowest BCUT2D eigenvalue weighted by atomic mass is 9.88. The summed E-state index contributed by atoms with van der Waals surface area (Å²) in [7, 11) is 0. The molecule has 0 spiro atoms. The first-order valence-corrected chi connectivity index (χ1v) is 7.33. The molecule has 1 N–H and O–H groups in total. The van der Waals surface area contributed by atoms with Gasteiger partial charge in [-0.15, -0.1) is 0 Å². The van der Waals surface area contributed by atoms with Gasteiger partial charge in [-0.25, -0.2) is 0 Å². The first-order chi connectivity index (χ1) is 8.74. The molecule has 0 bridgehead atoms. The second-order valence-corrected chi connectivity index (χ2v) is 6.12. The molecule has 2 fully saturated rings. The van der Waals surface area contributed by atoms with E-state index in [2.05, 4.69) is 48.3 Å². The summed E-state index contributed by atoms with van der Waals surface area (Å²) in [6, 6.07) is 10.3. The van der Waals surface area contributed by atoms with E-state index in [1.165, 1.54) is 43.6 Å². The average molecular weight is 244 g/mol. The second-order valence-electron chi connectivity index (χ2n) is 6.12. The van der Waals surface area contributed by atoms with Gasteiger partial charge in [-0.1, -0.05) is 38.5 Å². The molecule has 2 heteroatoms. The minimum Gasteiger partial charge on any atom is -0.379 e. The van der Waals surface area contributed by atoms with E-state index in [0.29, 0.717) is 12.0 Å². The van der Waals surface area contributed by atoms with Crippen molar-refractivity contribution in [1.29, 1.82) is 0 Å². The summed E-state index contributed by atoms with van der Waals surface area (Å²) in [5, 5.41) is 3.72. The number of hydrogen-bond donors (Lipinski definition) is 1. The fourth-order valence-corrected chi connectivity index (χ4v) is 3.01. The van der Waals surface area contributed by atoms with E-state index in [9.17, 15) is 0 Å². The summed E-state index contributed by atoms with van der Waals surface area (Å²) in [4.78, 5) is 2.64. The quantitative estimate of drug-likeness (QED) is 0.872. The Balaban J connectivity index is 1.57. The molecule has 18 heavy (non-hydrogen) atoms. The molecular formula is C16H24N2. The minimum atomic E-state index is 0.594. The van der Waals surface area contributed by atoms with Gasteiger partial charge in [0, 0.05) is 24.8 Å². The Kier molecular flexibility index (Phi) is 3.29. The smallest absolute Gasteiger partial charge is 0.0515 e. The predicted octanol–water partition coefficient (Wildman–Crippen LogP) is 3.46. The van der Waals surface area contributed by atoms with Crippen LogP contribution in [-0.2, 0) is 0 Å². The number of nitrogens with zero attached hydrogens (tertiary/aromatic N) is 1. The lowest BCUT2D eigenvalue weighted by Crippen LogP contribution is -2.60. The zero-order valence-corrected chi connectivity index (χ0v) is 11.5. The normalized spacial score (nSPS) is 21.7. The largest absolute Gasteiger partial charge is 0.379 e. The van der Waals surface area contributed by atoms with E-state index in [1.54, 1.807) is 0 Å². The Morgan fingerprint density at radius 2 is 1.89 bits per heavy atom. The standard InChI is InChI=1S/C16H24N2/c1-12(2)15-8-3-4-9-16(15)17-13-10-18(11-13)14-6-5-7-14/h3-4,8-9,12-14,17H,5-7,10-11H2,1-2H3. The summed E-state index contributed by atoms with van der Waals surface area (Å²) in [6.45, 7) is 7.00. The Morgan fingerprint density at radius 3 is 2.50 bits per heavy atom. The van der Waals surface area contributed by atoms with Crippen LogP contribution in [0.25, 0.3) is 0 Å². The predicted molar refractivity (Wildman–Crippen MR) is 77.2 cm³/mol. The average Bonchev–Trinajstić information content (AvgIpc) is 2.24. The monoisotopic (exact) mass is 244 g/mol. The molecule has 0 unspecified atom stereocenters. The van der Waals surface area contributed by atoms with Crippen LogP contribution in [0.4, 0.5) is 5.69 Å². The third kappa shape index (κ3) is 2.26. The topological polar surface area (TPSA) is 15.3 Å². The molecule has 1 saturated heterocycles. The Morgan fingerprint density at radius 1 is 1.17 bits per heavy atom. The number of hydrogen-bond acceptors (Lipinski definition) is 2. The van der Waals surface area contributed by atoms with Crippen molar-refractivity contribution in [2.75, 3.05) is 18.4 Å². The summed E-state index contributed by atoms with van der Waals surface area (Å²) in [5.74, 6) is 0.594. The van der Waals surface area contributed by atoms with Gasteiger partial charge in [-0.2, -0.15) is 0 Å². The maximum atomic E-state index is 3.72. The van der Waals surface area contributed by atoms with Gasteiger partial charge in [-0.3, -0.25) is 4.90 Å². The highest BCUT2D eigenvalue weighted by Gasteiger charge is 2.35. The first kappa shape index (κ1) is 12.0. The minimum absolute atomic E-state index is 0.594. The summed E-state index contributed by atoms with van der Waals surface area (Å²) >= 11 is 0. The second kappa shape index (κ2) is 4.93. The Hall–Kier alpha value is -1.02. The van der Waals surface area contributed by atoms with Crippen LogP contribution in [0.2, 0.25) is 0 Å². The molecule has 1 aliphatic carbocycles. The number of nitrogens with one attached hydrogen (secondary N) is 1. The molecule has 3 rings (SSSR count). The number of benzene rings is 1. The number of anilines is 1. The first-order valence-electron chi connectivity index (χ1n) is 7.33. The van der Waals surface area contributed by atoms with Gasteiger partial charge in [0.1, 0.15) is 0 Å². The van der Waals surface area contributed by atoms with Crippen molar-refractivity contribution in [3.05, 3.63) is 29.8 Å². The fraction of sp³-hybridized carbons (Fsp3) is 0.625. The van der Waals surface area contributed by atoms with E-state index in [4.69, 9.17) is 0 Å². The van der Waals surface area contributed by atoms with Crippen LogP contribution in [0.1, 0.15) is 44.6 Å². The number of rotatable bonds is 4. The van der Waals surface area contributed by atoms with Crippen LogP contribution in [0.5, 0.6) is 0 Å². The van der Waals surface area contributed by atoms with Gasteiger partial charge >= 0.3 is 0 Å². The third-order valence-electron chi connectivity index (χ3n) is 4.44. The lowest BCUT2D eigenvalue weighted by Gasteiger charge is -2.48. The van der Waals surface area contributed by atoms with Crippen LogP contribution in [0.15, 0.2) is 24.3 Å². The summed E-state index contributed by atoms with van der Waals surface area (Å²) in [5.41, 5.74) is 2.78. The molecule has 1 aromatic carbocycles. The highest BCUT2D eigenvalue weighted by Crippen LogP contribution is 2.31. The van der Waals surface area contributed by atoms with Gasteiger partial charge in [0.2, 0.25) is 0 Å². The van der Waals surface area contributed by atoms with Crippen molar-refractivity contribution >= 4 is 5.69 Å². The lowest BCUT2D eigenvalue weighted by molar-refractivity contribution is 0.0565. The Bertz CT molecular complexity index is 403. The van der Waals surface area contributed by atoms with Gasteiger partial charge in [0.05, 0.1) is 6.04 Å². The van der Waals surface area contributed by atoms with E-state index in [0.717, 1.165) is 6.04 Å². The van der Waals surface area contributed by atoms with Crippen LogP contribution >= 0.6 is 0 Å². The van der Waals surface area contributed by atoms with Crippen molar-refractivity contribution in [3.63, 3.8) is 0 Å². The summed E-state index contributed by atoms with van der Waals surface area (Å²) < 4.78 is 0. The van der Waals surface area contributed by atoms with Crippen molar-refractivity contribution < 1.29 is 0 Å². The molecule has 1 heterocycles. The molecule has 0 atom stereocenters. The maximum Gasteiger partial charge on any atom is 0.0515 e. The molecule has 98 valence electrons. The van der Waals surface area contributed by atoms with E-state index >= 15 is 0 Å². The molecule has 1 saturated carbocycles. The van der Waals surface area contributed by atoms with E-state index < -0.39 is 0 Å². The zero-order chi connectivity index (χ0) is 12.5. The van der Waals surface area contributed by atoms with Crippen molar-refractivity contribution in [2.45, 2.75) is 51.1 Å². The van der Waals surface area contributed by atoms with Crippen LogP contribution in [0.3, 0.4) is 0 Å². The summed E-state index contributed by atoms with van der Waals surface area (Å²) in [6.07, 6.45) is 4.29. The number of para-hydroxylation sites is 1. The molecule has 2 nitrogen and oxygen atoms in total. The zero-order valence-electron chi connectivity index (χ0n) is 11.5. The molecule has 0 radical (unpaired) electrons. The number of likely N-dealkylation sites (tertiary alicyclic amines) is 1. The highest BCUT2D eigenvalue weighted by atomic mass is 15.3. The van der Waals surface area contributed by atoms with Gasteiger partial charge in [-0.05, 0) is 30.4 Å². The fourth-order valence-electron chi connectivity index (χ4n) is 3.01. The van der Waals surface area contributed by atoms with Gasteiger partial charge in [0.15, 0.2) is 0 Å². The molecule has 0 aromatic heterocycles. The third-order valence-corrected chi connectivity index (χ3v) is 4.44. The van der Waals surface area contributed by atoms with Crippen LogP contribution in [0, 0.1) is 0 Å². The molecular weight excluding hydrogens is 220 g/mol.